The molecule has 1 aliphatic heterocycles. The topological polar surface area (TPSA) is 46.3 Å². The van der Waals surface area contributed by atoms with Gasteiger partial charge in [0.05, 0.1) is 5.92 Å². The lowest BCUT2D eigenvalue weighted by Gasteiger charge is -2.35. The molecular formula is C14H29ClN2O. The quantitative estimate of drug-likeness (QED) is 0.858. The predicted octanol–water partition coefficient (Wildman–Crippen LogP) is 2.68. The van der Waals surface area contributed by atoms with Gasteiger partial charge in [-0.1, -0.05) is 20.8 Å². The number of amides is 1. The maximum Gasteiger partial charge on any atom is 0.226 e. The molecule has 4 heteroatoms. The third-order valence-electron chi connectivity index (χ3n) is 3.81. The van der Waals surface area contributed by atoms with Crippen LogP contribution in [0.5, 0.6) is 0 Å². The fourth-order valence-corrected chi connectivity index (χ4v) is 2.64. The Balaban J connectivity index is 0.00000289. The van der Waals surface area contributed by atoms with Gasteiger partial charge in [0.25, 0.3) is 0 Å². The van der Waals surface area contributed by atoms with Gasteiger partial charge in [-0.25, -0.2) is 0 Å². The Morgan fingerprint density at radius 2 is 1.94 bits per heavy atom. The molecule has 1 aliphatic rings. The van der Waals surface area contributed by atoms with Crippen molar-refractivity contribution in [2.75, 3.05) is 13.1 Å². The van der Waals surface area contributed by atoms with Gasteiger partial charge in [0.15, 0.2) is 0 Å². The van der Waals surface area contributed by atoms with Gasteiger partial charge in [-0.2, -0.15) is 0 Å². The van der Waals surface area contributed by atoms with Crippen LogP contribution >= 0.6 is 12.4 Å². The van der Waals surface area contributed by atoms with Gasteiger partial charge in [0, 0.05) is 19.1 Å². The second kappa shape index (κ2) is 8.00. The average Bonchev–Trinajstić information content (AvgIpc) is 2.26. The van der Waals surface area contributed by atoms with Gasteiger partial charge < -0.3 is 10.6 Å². The molecule has 0 spiro atoms. The first-order valence-corrected chi connectivity index (χ1v) is 6.96. The zero-order valence-corrected chi connectivity index (χ0v) is 13.0. The monoisotopic (exact) mass is 276 g/mol. The number of hydrogen-bond donors (Lipinski definition) is 1. The molecule has 0 saturated carbocycles. The third-order valence-corrected chi connectivity index (χ3v) is 3.81. The van der Waals surface area contributed by atoms with Crippen molar-refractivity contribution in [3.8, 4) is 0 Å². The van der Waals surface area contributed by atoms with E-state index in [9.17, 15) is 4.79 Å². The van der Waals surface area contributed by atoms with E-state index in [1.807, 2.05) is 18.7 Å². The van der Waals surface area contributed by atoms with Crippen LogP contribution in [0.4, 0.5) is 0 Å². The average molecular weight is 277 g/mol. The molecule has 1 rings (SSSR count). The van der Waals surface area contributed by atoms with E-state index in [0.717, 1.165) is 25.4 Å². The first kappa shape index (κ1) is 17.7. The lowest BCUT2D eigenvalue weighted by molar-refractivity contribution is -0.137. The normalized spacial score (nSPS) is 23.4. The van der Waals surface area contributed by atoms with E-state index in [4.69, 9.17) is 5.73 Å². The number of carbonyl (C=O) groups excluding carboxylic acids is 1. The molecular weight excluding hydrogens is 248 g/mol. The SMILES string of the molecule is CC(C)CC1CCCN(C(=O)C(C)C(C)N)C1.Cl. The van der Waals surface area contributed by atoms with Crippen LogP contribution in [0.2, 0.25) is 0 Å². The molecule has 1 amide bonds. The van der Waals surface area contributed by atoms with Crippen LogP contribution < -0.4 is 5.73 Å². The molecule has 0 aromatic rings. The van der Waals surface area contributed by atoms with Crippen LogP contribution in [0.25, 0.3) is 0 Å². The predicted molar refractivity (Wildman–Crippen MR) is 78.8 cm³/mol. The van der Waals surface area contributed by atoms with Crippen LogP contribution in [-0.4, -0.2) is 29.9 Å². The highest BCUT2D eigenvalue weighted by molar-refractivity contribution is 5.85. The molecule has 3 nitrogen and oxygen atoms in total. The minimum atomic E-state index is -0.0483. The molecule has 2 N–H and O–H groups in total. The van der Waals surface area contributed by atoms with E-state index in [1.54, 1.807) is 0 Å². The van der Waals surface area contributed by atoms with Gasteiger partial charge in [0.1, 0.15) is 0 Å². The van der Waals surface area contributed by atoms with E-state index >= 15 is 0 Å². The second-order valence-electron chi connectivity index (χ2n) is 6.07. The molecule has 0 radical (unpaired) electrons. The van der Waals surface area contributed by atoms with Crippen LogP contribution in [0.15, 0.2) is 0 Å². The highest BCUT2D eigenvalue weighted by Gasteiger charge is 2.28. The van der Waals surface area contributed by atoms with E-state index in [2.05, 4.69) is 13.8 Å². The number of carbonyl (C=O) groups is 1. The molecule has 108 valence electrons. The first-order chi connectivity index (χ1) is 7.91. The smallest absolute Gasteiger partial charge is 0.226 e. The van der Waals surface area contributed by atoms with Crippen molar-refractivity contribution in [2.24, 2.45) is 23.5 Å². The Bertz CT molecular complexity index is 256. The van der Waals surface area contributed by atoms with E-state index in [-0.39, 0.29) is 30.3 Å². The Labute approximate surface area is 118 Å². The van der Waals surface area contributed by atoms with Crippen molar-refractivity contribution in [1.29, 1.82) is 0 Å². The second-order valence-corrected chi connectivity index (χ2v) is 6.07. The minimum Gasteiger partial charge on any atom is -0.342 e. The largest absolute Gasteiger partial charge is 0.342 e. The van der Waals surface area contributed by atoms with E-state index < -0.39 is 0 Å². The standard InChI is InChI=1S/C14H28N2O.ClH/c1-10(2)8-13-6-5-7-16(9-13)14(17)11(3)12(4)15;/h10-13H,5-9,15H2,1-4H3;1H. The van der Waals surface area contributed by atoms with Crippen molar-refractivity contribution < 1.29 is 4.79 Å². The molecule has 1 fully saturated rings. The summed E-state index contributed by atoms with van der Waals surface area (Å²) < 4.78 is 0. The van der Waals surface area contributed by atoms with Crippen molar-refractivity contribution in [2.45, 2.75) is 53.0 Å². The molecule has 1 heterocycles. The first-order valence-electron chi connectivity index (χ1n) is 6.96. The molecule has 0 aliphatic carbocycles. The van der Waals surface area contributed by atoms with Crippen molar-refractivity contribution in [1.82, 2.24) is 4.90 Å². The molecule has 3 atom stereocenters. The number of halogens is 1. The minimum absolute atomic E-state index is 0. The Kier molecular flexibility index (Phi) is 7.88. The van der Waals surface area contributed by atoms with Gasteiger partial charge in [-0.05, 0) is 38.0 Å². The highest BCUT2D eigenvalue weighted by atomic mass is 35.5. The van der Waals surface area contributed by atoms with Crippen molar-refractivity contribution in [3.05, 3.63) is 0 Å². The van der Waals surface area contributed by atoms with Crippen molar-refractivity contribution in [3.63, 3.8) is 0 Å². The van der Waals surface area contributed by atoms with Crippen LogP contribution in [0, 0.1) is 17.8 Å². The number of nitrogens with zero attached hydrogens (tertiary/aromatic N) is 1. The fraction of sp³-hybridized carbons (Fsp3) is 0.929. The summed E-state index contributed by atoms with van der Waals surface area (Å²) in [7, 11) is 0. The molecule has 1 saturated heterocycles. The van der Waals surface area contributed by atoms with Crippen molar-refractivity contribution >= 4 is 18.3 Å². The Morgan fingerprint density at radius 3 is 2.44 bits per heavy atom. The van der Waals surface area contributed by atoms with Gasteiger partial charge in [0.2, 0.25) is 5.91 Å². The van der Waals surface area contributed by atoms with Gasteiger partial charge in [-0.3, -0.25) is 4.79 Å². The van der Waals surface area contributed by atoms with Crippen LogP contribution in [0.1, 0.15) is 47.0 Å². The lowest BCUT2D eigenvalue weighted by atomic mass is 9.89. The zero-order valence-electron chi connectivity index (χ0n) is 12.2. The number of piperidine rings is 1. The number of rotatable bonds is 4. The number of nitrogens with two attached hydrogens (primary N) is 1. The zero-order chi connectivity index (χ0) is 13.0. The Morgan fingerprint density at radius 1 is 1.33 bits per heavy atom. The summed E-state index contributed by atoms with van der Waals surface area (Å²) >= 11 is 0. The fourth-order valence-electron chi connectivity index (χ4n) is 2.64. The summed E-state index contributed by atoms with van der Waals surface area (Å²) in [6, 6.07) is -0.0482. The maximum atomic E-state index is 12.2. The van der Waals surface area contributed by atoms with Gasteiger partial charge >= 0.3 is 0 Å². The third kappa shape index (κ3) is 5.15. The summed E-state index contributed by atoms with van der Waals surface area (Å²) in [4.78, 5) is 14.2. The van der Waals surface area contributed by atoms with Crippen LogP contribution in [-0.2, 0) is 4.79 Å². The summed E-state index contributed by atoms with van der Waals surface area (Å²) in [5, 5.41) is 0. The molecule has 18 heavy (non-hydrogen) atoms. The number of likely N-dealkylation sites (tertiary alicyclic amines) is 1. The molecule has 3 unspecified atom stereocenters. The maximum absolute atomic E-state index is 12.2. The highest BCUT2D eigenvalue weighted by Crippen LogP contribution is 2.24. The van der Waals surface area contributed by atoms with E-state index in [1.165, 1.54) is 12.8 Å². The Hall–Kier alpha value is -0.280. The van der Waals surface area contributed by atoms with Crippen LogP contribution in [0.3, 0.4) is 0 Å². The molecule has 0 aromatic heterocycles. The summed E-state index contributed by atoms with van der Waals surface area (Å²) in [5.41, 5.74) is 5.81. The number of hydrogen-bond acceptors (Lipinski definition) is 2. The lowest BCUT2D eigenvalue weighted by Crippen LogP contribution is -2.46. The van der Waals surface area contributed by atoms with Gasteiger partial charge in [-0.15, -0.1) is 12.4 Å². The summed E-state index contributed by atoms with van der Waals surface area (Å²) in [5.74, 6) is 1.61. The summed E-state index contributed by atoms with van der Waals surface area (Å²) in [6.07, 6.45) is 3.65. The summed E-state index contributed by atoms with van der Waals surface area (Å²) in [6.45, 7) is 10.2. The van der Waals surface area contributed by atoms with E-state index in [0.29, 0.717) is 5.92 Å². The molecule has 0 aromatic carbocycles. The molecule has 0 bridgehead atoms.